The quantitative estimate of drug-likeness (QED) is 0.576. The van der Waals surface area contributed by atoms with Gasteiger partial charge in [-0.1, -0.05) is 12.1 Å². The molecule has 1 aromatic carbocycles. The number of nitrogens with one attached hydrogen (secondary N) is 2. The number of carbonyl (C=O) groups is 2. The minimum atomic E-state index is -1.26. The van der Waals surface area contributed by atoms with E-state index in [-0.39, 0.29) is 23.1 Å². The molecular formula is C15H19BN2O5. The van der Waals surface area contributed by atoms with Crippen molar-refractivity contribution >= 4 is 19.0 Å². The fourth-order valence-electron chi connectivity index (χ4n) is 3.10. The second kappa shape index (κ2) is 6.60. The fourth-order valence-corrected chi connectivity index (χ4v) is 3.10. The van der Waals surface area contributed by atoms with Crippen molar-refractivity contribution in [3.05, 3.63) is 29.3 Å². The van der Waals surface area contributed by atoms with Gasteiger partial charge in [0.1, 0.15) is 5.75 Å². The first-order chi connectivity index (χ1) is 11.1. The van der Waals surface area contributed by atoms with Crippen LogP contribution in [0.1, 0.15) is 28.8 Å². The smallest absolute Gasteiger partial charge is 0.534 e. The van der Waals surface area contributed by atoms with Crippen LogP contribution in [0.3, 0.4) is 0 Å². The number of carboxylic acids is 1. The first-order valence-corrected chi connectivity index (χ1v) is 7.77. The molecule has 0 saturated carbocycles. The molecule has 0 aliphatic carbocycles. The molecule has 0 spiro atoms. The van der Waals surface area contributed by atoms with Crippen molar-refractivity contribution in [3.8, 4) is 5.75 Å². The molecule has 0 bridgehead atoms. The minimum Gasteiger partial charge on any atom is -0.534 e. The Hall–Kier alpha value is -2.06. The predicted molar refractivity (Wildman–Crippen MR) is 83.2 cm³/mol. The van der Waals surface area contributed by atoms with Crippen LogP contribution in [0.15, 0.2) is 18.2 Å². The molecule has 1 amide bonds. The molecule has 2 heterocycles. The molecule has 2 aliphatic rings. The second-order valence-corrected chi connectivity index (χ2v) is 5.95. The summed E-state index contributed by atoms with van der Waals surface area (Å²) in [6.45, 7) is 1.62. The van der Waals surface area contributed by atoms with Crippen molar-refractivity contribution in [2.75, 3.05) is 13.1 Å². The van der Waals surface area contributed by atoms with Crippen molar-refractivity contribution in [2.45, 2.75) is 25.2 Å². The standard InChI is InChI=1S/C15H19BN2O5/c19-14(9-4-6-17-7-5-9)18-12-8-10-2-1-3-11(15(20)21)13(10)23-16(12)22/h1-3,9,12,17,22H,4-8H2,(H,18,19)(H,20,21). The van der Waals surface area contributed by atoms with E-state index < -0.39 is 19.0 Å². The zero-order valence-corrected chi connectivity index (χ0v) is 12.6. The number of rotatable bonds is 3. The van der Waals surface area contributed by atoms with Gasteiger partial charge in [0.25, 0.3) is 0 Å². The summed E-state index contributed by atoms with van der Waals surface area (Å²) in [7, 11) is -1.26. The number of para-hydroxylation sites is 1. The number of fused-ring (bicyclic) bond motifs is 1. The molecule has 2 aliphatic heterocycles. The molecular weight excluding hydrogens is 299 g/mol. The average molecular weight is 318 g/mol. The summed E-state index contributed by atoms with van der Waals surface area (Å²) >= 11 is 0. The van der Waals surface area contributed by atoms with Gasteiger partial charge in [0, 0.05) is 5.92 Å². The largest absolute Gasteiger partial charge is 0.547 e. The molecule has 1 atom stereocenters. The Balaban J connectivity index is 1.72. The van der Waals surface area contributed by atoms with Crippen LogP contribution in [0.5, 0.6) is 5.75 Å². The highest BCUT2D eigenvalue weighted by Crippen LogP contribution is 2.30. The normalized spacial score (nSPS) is 21.3. The number of hydrogen-bond donors (Lipinski definition) is 4. The number of piperidine rings is 1. The van der Waals surface area contributed by atoms with Crippen molar-refractivity contribution in [3.63, 3.8) is 0 Å². The summed E-state index contributed by atoms with van der Waals surface area (Å²) in [5, 5.41) is 25.3. The van der Waals surface area contributed by atoms with E-state index in [0.29, 0.717) is 12.0 Å². The third-order valence-electron chi connectivity index (χ3n) is 4.39. The van der Waals surface area contributed by atoms with Crippen LogP contribution >= 0.6 is 0 Å². The second-order valence-electron chi connectivity index (χ2n) is 5.95. The molecule has 4 N–H and O–H groups in total. The van der Waals surface area contributed by atoms with E-state index in [2.05, 4.69) is 10.6 Å². The summed E-state index contributed by atoms with van der Waals surface area (Å²) in [6, 6.07) is 4.81. The highest BCUT2D eigenvalue weighted by molar-refractivity contribution is 6.47. The number of benzene rings is 1. The van der Waals surface area contributed by atoms with Crippen LogP contribution in [-0.4, -0.2) is 48.2 Å². The molecule has 7 nitrogen and oxygen atoms in total. The van der Waals surface area contributed by atoms with Gasteiger partial charge in [-0.05, 0) is 44.0 Å². The lowest BCUT2D eigenvalue weighted by molar-refractivity contribution is -0.126. The van der Waals surface area contributed by atoms with E-state index in [1.807, 2.05) is 0 Å². The van der Waals surface area contributed by atoms with Crippen LogP contribution in [0.4, 0.5) is 0 Å². The van der Waals surface area contributed by atoms with Crippen molar-refractivity contribution in [1.29, 1.82) is 0 Å². The van der Waals surface area contributed by atoms with E-state index >= 15 is 0 Å². The molecule has 122 valence electrons. The molecule has 1 unspecified atom stereocenters. The molecule has 23 heavy (non-hydrogen) atoms. The van der Waals surface area contributed by atoms with Crippen LogP contribution in [0, 0.1) is 5.92 Å². The van der Waals surface area contributed by atoms with Gasteiger partial charge < -0.3 is 25.4 Å². The third-order valence-corrected chi connectivity index (χ3v) is 4.39. The third kappa shape index (κ3) is 3.33. The molecule has 8 heteroatoms. The maximum absolute atomic E-state index is 12.3. The van der Waals surface area contributed by atoms with Gasteiger partial charge in [0.05, 0.1) is 11.5 Å². The van der Waals surface area contributed by atoms with Crippen molar-refractivity contribution < 1.29 is 24.4 Å². The van der Waals surface area contributed by atoms with Gasteiger partial charge in [0.15, 0.2) is 0 Å². The predicted octanol–water partition coefficient (Wildman–Crippen LogP) is -0.176. The Morgan fingerprint density at radius 1 is 1.30 bits per heavy atom. The summed E-state index contributed by atoms with van der Waals surface area (Å²) in [4.78, 5) is 23.5. The number of carboxylic acid groups (broad SMARTS) is 1. The molecule has 1 fully saturated rings. The van der Waals surface area contributed by atoms with Gasteiger partial charge in [0.2, 0.25) is 5.91 Å². The van der Waals surface area contributed by atoms with Gasteiger partial charge in [-0.2, -0.15) is 0 Å². The first-order valence-electron chi connectivity index (χ1n) is 7.77. The van der Waals surface area contributed by atoms with E-state index in [1.165, 1.54) is 6.07 Å². The van der Waals surface area contributed by atoms with Gasteiger partial charge in [-0.15, -0.1) is 0 Å². The molecule has 1 aromatic rings. The van der Waals surface area contributed by atoms with Crippen LogP contribution in [0.25, 0.3) is 0 Å². The number of aromatic carboxylic acids is 1. The Bertz CT molecular complexity index is 618. The summed E-state index contributed by atoms with van der Waals surface area (Å²) in [6.07, 6.45) is 1.89. The topological polar surface area (TPSA) is 108 Å². The summed E-state index contributed by atoms with van der Waals surface area (Å²) in [5.74, 6) is -1.65. The first kappa shape index (κ1) is 15.8. The summed E-state index contributed by atoms with van der Waals surface area (Å²) < 4.78 is 5.37. The van der Waals surface area contributed by atoms with Crippen LogP contribution in [0.2, 0.25) is 0 Å². The van der Waals surface area contributed by atoms with Gasteiger partial charge >= 0.3 is 13.1 Å². The van der Waals surface area contributed by atoms with E-state index in [4.69, 9.17) is 4.65 Å². The molecule has 0 aromatic heterocycles. The van der Waals surface area contributed by atoms with Crippen LogP contribution < -0.4 is 15.3 Å². The average Bonchev–Trinajstić information content (AvgIpc) is 2.55. The number of carbonyl (C=O) groups excluding carboxylic acids is 1. The maximum atomic E-state index is 12.3. The van der Waals surface area contributed by atoms with Gasteiger partial charge in [-0.25, -0.2) is 4.79 Å². The molecule has 0 radical (unpaired) electrons. The van der Waals surface area contributed by atoms with E-state index in [1.54, 1.807) is 12.1 Å². The maximum Gasteiger partial charge on any atom is 0.547 e. The zero-order chi connectivity index (χ0) is 16.4. The monoisotopic (exact) mass is 318 g/mol. The Labute approximate surface area is 134 Å². The Morgan fingerprint density at radius 3 is 2.74 bits per heavy atom. The van der Waals surface area contributed by atoms with Gasteiger partial charge in [-0.3, -0.25) is 4.79 Å². The highest BCUT2D eigenvalue weighted by Gasteiger charge is 2.38. The lowest BCUT2D eigenvalue weighted by Gasteiger charge is -2.30. The summed E-state index contributed by atoms with van der Waals surface area (Å²) in [5.41, 5.74) is 0.690. The lowest BCUT2D eigenvalue weighted by Crippen LogP contribution is -2.55. The van der Waals surface area contributed by atoms with Crippen LogP contribution in [-0.2, 0) is 11.2 Å². The molecule has 3 rings (SSSR count). The molecule has 1 saturated heterocycles. The Kier molecular flexibility index (Phi) is 4.54. The van der Waals surface area contributed by atoms with E-state index in [0.717, 1.165) is 25.9 Å². The lowest BCUT2D eigenvalue weighted by atomic mass is 9.72. The van der Waals surface area contributed by atoms with Crippen molar-refractivity contribution in [1.82, 2.24) is 10.6 Å². The number of hydrogen-bond acceptors (Lipinski definition) is 5. The SMILES string of the molecule is O=C(O)c1cccc2c1OB(O)C(NC(=O)C1CCNCC1)C2. The fraction of sp³-hybridized carbons (Fsp3) is 0.467. The van der Waals surface area contributed by atoms with E-state index in [9.17, 15) is 19.7 Å². The Morgan fingerprint density at radius 2 is 2.04 bits per heavy atom. The zero-order valence-electron chi connectivity index (χ0n) is 12.6. The number of amides is 1. The highest BCUT2D eigenvalue weighted by atomic mass is 16.5. The minimum absolute atomic E-state index is 0.0182. The van der Waals surface area contributed by atoms with Crippen molar-refractivity contribution in [2.24, 2.45) is 5.92 Å².